The summed E-state index contributed by atoms with van der Waals surface area (Å²) in [6, 6.07) is -0.163. The van der Waals surface area contributed by atoms with Crippen LogP contribution in [0.25, 0.3) is 0 Å². The Kier molecular flexibility index (Phi) is 6.62. The molecule has 6 nitrogen and oxygen atoms in total. The summed E-state index contributed by atoms with van der Waals surface area (Å²) in [5, 5.41) is 6.19. The average molecular weight is 319 g/mol. The van der Waals surface area contributed by atoms with Crippen LogP contribution < -0.4 is 10.6 Å². The SMILES string of the molecule is CCN(CCCNC(=O)C1NCCCC1(C)C)S(C)(=O)=O. The number of hydrogen-bond acceptors (Lipinski definition) is 4. The average Bonchev–Trinajstić information content (AvgIpc) is 2.36. The van der Waals surface area contributed by atoms with Gasteiger partial charge in [-0.3, -0.25) is 4.79 Å². The van der Waals surface area contributed by atoms with Crippen LogP contribution in [0.4, 0.5) is 0 Å². The van der Waals surface area contributed by atoms with Gasteiger partial charge in [0.2, 0.25) is 15.9 Å². The fourth-order valence-electron chi connectivity index (χ4n) is 2.79. The number of carbonyl (C=O) groups excluding carboxylic acids is 1. The Hall–Kier alpha value is -0.660. The lowest BCUT2D eigenvalue weighted by molar-refractivity contribution is -0.126. The van der Waals surface area contributed by atoms with Gasteiger partial charge in [0.25, 0.3) is 0 Å². The summed E-state index contributed by atoms with van der Waals surface area (Å²) in [6.45, 7) is 8.30. The molecule has 1 amide bonds. The molecule has 124 valence electrons. The number of rotatable bonds is 7. The van der Waals surface area contributed by atoms with E-state index in [0.717, 1.165) is 19.4 Å². The quantitative estimate of drug-likeness (QED) is 0.672. The van der Waals surface area contributed by atoms with Gasteiger partial charge in [0, 0.05) is 19.6 Å². The number of piperidine rings is 1. The molecule has 0 bridgehead atoms. The molecule has 1 heterocycles. The van der Waals surface area contributed by atoms with E-state index in [2.05, 4.69) is 24.5 Å². The maximum atomic E-state index is 12.2. The summed E-state index contributed by atoms with van der Waals surface area (Å²) < 4.78 is 24.3. The standard InChI is InChI=1S/C14H29N3O3S/c1-5-17(21(4,19)20)11-7-10-16-13(18)12-14(2,3)8-6-9-15-12/h12,15H,5-11H2,1-4H3,(H,16,18). The van der Waals surface area contributed by atoms with E-state index in [1.807, 2.05) is 6.92 Å². The molecule has 7 heteroatoms. The Balaban J connectivity index is 2.37. The number of nitrogens with zero attached hydrogens (tertiary/aromatic N) is 1. The molecule has 0 aromatic rings. The van der Waals surface area contributed by atoms with Gasteiger partial charge < -0.3 is 10.6 Å². The maximum Gasteiger partial charge on any atom is 0.237 e. The van der Waals surface area contributed by atoms with Crippen molar-refractivity contribution in [3.05, 3.63) is 0 Å². The molecule has 1 atom stereocenters. The topological polar surface area (TPSA) is 78.5 Å². The molecule has 1 saturated heterocycles. The highest BCUT2D eigenvalue weighted by Gasteiger charge is 2.36. The van der Waals surface area contributed by atoms with Crippen molar-refractivity contribution in [2.24, 2.45) is 5.41 Å². The Morgan fingerprint density at radius 1 is 1.43 bits per heavy atom. The zero-order chi connectivity index (χ0) is 16.1. The van der Waals surface area contributed by atoms with Gasteiger partial charge >= 0.3 is 0 Å². The van der Waals surface area contributed by atoms with Gasteiger partial charge in [0.05, 0.1) is 12.3 Å². The number of hydrogen-bond donors (Lipinski definition) is 2. The molecule has 1 unspecified atom stereocenters. The van der Waals surface area contributed by atoms with Gasteiger partial charge in [-0.15, -0.1) is 0 Å². The van der Waals surface area contributed by atoms with Gasteiger partial charge in [-0.1, -0.05) is 20.8 Å². The van der Waals surface area contributed by atoms with Crippen LogP contribution in [0.3, 0.4) is 0 Å². The van der Waals surface area contributed by atoms with E-state index in [0.29, 0.717) is 26.1 Å². The van der Waals surface area contributed by atoms with Crippen molar-refractivity contribution in [2.75, 3.05) is 32.4 Å². The van der Waals surface area contributed by atoms with E-state index in [1.165, 1.54) is 10.6 Å². The highest BCUT2D eigenvalue weighted by atomic mass is 32.2. The first-order valence-electron chi connectivity index (χ1n) is 7.64. The molecule has 0 aliphatic carbocycles. The first-order chi connectivity index (χ1) is 9.68. The predicted molar refractivity (Wildman–Crippen MR) is 84.5 cm³/mol. The summed E-state index contributed by atoms with van der Waals surface area (Å²) >= 11 is 0. The van der Waals surface area contributed by atoms with Gasteiger partial charge in [-0.25, -0.2) is 12.7 Å². The van der Waals surface area contributed by atoms with Crippen molar-refractivity contribution in [3.8, 4) is 0 Å². The first-order valence-corrected chi connectivity index (χ1v) is 9.49. The lowest BCUT2D eigenvalue weighted by atomic mass is 9.77. The first kappa shape index (κ1) is 18.4. The van der Waals surface area contributed by atoms with Gasteiger partial charge in [-0.2, -0.15) is 0 Å². The van der Waals surface area contributed by atoms with Crippen LogP contribution in [0.5, 0.6) is 0 Å². The Morgan fingerprint density at radius 2 is 2.10 bits per heavy atom. The molecule has 0 aromatic heterocycles. The smallest absolute Gasteiger partial charge is 0.237 e. The molecule has 0 saturated carbocycles. The Bertz CT molecular complexity index is 448. The number of carbonyl (C=O) groups is 1. The van der Waals surface area contributed by atoms with Crippen molar-refractivity contribution in [3.63, 3.8) is 0 Å². The highest BCUT2D eigenvalue weighted by Crippen LogP contribution is 2.29. The van der Waals surface area contributed by atoms with E-state index < -0.39 is 10.0 Å². The van der Waals surface area contributed by atoms with E-state index in [-0.39, 0.29) is 17.4 Å². The van der Waals surface area contributed by atoms with Gasteiger partial charge in [0.15, 0.2) is 0 Å². The summed E-state index contributed by atoms with van der Waals surface area (Å²) in [5.41, 5.74) is -0.0372. The molecule has 2 N–H and O–H groups in total. The number of amides is 1. The molecule has 0 spiro atoms. The van der Waals surface area contributed by atoms with Gasteiger partial charge in [-0.05, 0) is 31.2 Å². The van der Waals surface area contributed by atoms with Crippen molar-refractivity contribution < 1.29 is 13.2 Å². The van der Waals surface area contributed by atoms with E-state index >= 15 is 0 Å². The van der Waals surface area contributed by atoms with Crippen LogP contribution in [-0.2, 0) is 14.8 Å². The summed E-state index contributed by atoms with van der Waals surface area (Å²) in [6.07, 6.45) is 3.97. The second-order valence-corrected chi connectivity index (χ2v) is 8.36. The molecule has 1 fully saturated rings. The second-order valence-electron chi connectivity index (χ2n) is 6.38. The summed E-state index contributed by atoms with van der Waals surface area (Å²) in [7, 11) is -3.15. The molecule has 21 heavy (non-hydrogen) atoms. The van der Waals surface area contributed by atoms with Crippen molar-refractivity contribution in [1.29, 1.82) is 0 Å². The highest BCUT2D eigenvalue weighted by molar-refractivity contribution is 7.88. The fraction of sp³-hybridized carbons (Fsp3) is 0.929. The molecule has 1 aliphatic rings. The number of nitrogens with one attached hydrogen (secondary N) is 2. The largest absolute Gasteiger partial charge is 0.355 e. The Morgan fingerprint density at radius 3 is 2.62 bits per heavy atom. The zero-order valence-corrected chi connectivity index (χ0v) is 14.4. The number of sulfonamides is 1. The van der Waals surface area contributed by atoms with E-state index in [1.54, 1.807) is 0 Å². The van der Waals surface area contributed by atoms with Crippen LogP contribution in [0, 0.1) is 5.41 Å². The summed E-state index contributed by atoms with van der Waals surface area (Å²) in [5.74, 6) is 0.0158. The molecule has 1 aliphatic heterocycles. The third kappa shape index (κ3) is 5.56. The molecule has 0 radical (unpaired) electrons. The minimum absolute atomic E-state index is 0.0158. The van der Waals surface area contributed by atoms with Crippen LogP contribution in [-0.4, -0.2) is 57.1 Å². The van der Waals surface area contributed by atoms with Crippen LogP contribution >= 0.6 is 0 Å². The van der Waals surface area contributed by atoms with E-state index in [4.69, 9.17) is 0 Å². The van der Waals surface area contributed by atoms with Crippen LogP contribution in [0.15, 0.2) is 0 Å². The Labute approximate surface area is 128 Å². The van der Waals surface area contributed by atoms with Crippen molar-refractivity contribution >= 4 is 15.9 Å². The minimum Gasteiger partial charge on any atom is -0.355 e. The fourth-order valence-corrected chi connectivity index (χ4v) is 3.72. The zero-order valence-electron chi connectivity index (χ0n) is 13.6. The monoisotopic (exact) mass is 319 g/mol. The molecule has 0 aromatic carbocycles. The lowest BCUT2D eigenvalue weighted by Crippen LogP contribution is -2.55. The van der Waals surface area contributed by atoms with Crippen LogP contribution in [0.2, 0.25) is 0 Å². The second kappa shape index (κ2) is 7.56. The third-order valence-corrected chi connectivity index (χ3v) is 5.47. The molecule has 1 rings (SSSR count). The maximum absolute atomic E-state index is 12.2. The molecular formula is C14H29N3O3S. The van der Waals surface area contributed by atoms with Gasteiger partial charge in [0.1, 0.15) is 0 Å². The predicted octanol–water partition coefficient (Wildman–Crippen LogP) is 0.552. The normalized spacial score (nSPS) is 22.2. The van der Waals surface area contributed by atoms with Crippen molar-refractivity contribution in [1.82, 2.24) is 14.9 Å². The summed E-state index contributed by atoms with van der Waals surface area (Å²) in [4.78, 5) is 12.2. The van der Waals surface area contributed by atoms with E-state index in [9.17, 15) is 13.2 Å². The molecular weight excluding hydrogens is 290 g/mol. The minimum atomic E-state index is -3.15. The lowest BCUT2D eigenvalue weighted by Gasteiger charge is -2.38. The van der Waals surface area contributed by atoms with Crippen LogP contribution in [0.1, 0.15) is 40.0 Å². The third-order valence-electron chi connectivity index (χ3n) is 4.10. The van der Waals surface area contributed by atoms with Crippen molar-refractivity contribution in [2.45, 2.75) is 46.1 Å².